The zero-order valence-electron chi connectivity index (χ0n) is 45.9. The highest BCUT2D eigenvalue weighted by Gasteiger charge is 2.44. The lowest BCUT2D eigenvalue weighted by Crippen LogP contribution is -2.61. The van der Waals surface area contributed by atoms with Gasteiger partial charge in [0.1, 0.15) is 0 Å². The minimum atomic E-state index is -0.0599. The molecule has 2 heterocycles. The number of fused-ring (bicyclic) bond motifs is 6. The Bertz CT molecular complexity index is 3910. The molecule has 0 atom stereocenters. The Labute approximate surface area is 456 Å². The molecule has 0 bridgehead atoms. The van der Waals surface area contributed by atoms with E-state index in [1.54, 1.807) is 0 Å². The van der Waals surface area contributed by atoms with Crippen molar-refractivity contribution in [3.05, 3.63) is 247 Å². The molecule has 0 saturated heterocycles. The topological polar surface area (TPSA) is 6.48 Å². The van der Waals surface area contributed by atoms with Gasteiger partial charge in [0.05, 0.1) is 0 Å². The second-order valence-electron chi connectivity index (χ2n) is 24.6. The normalized spacial score (nSPS) is 13.2. The van der Waals surface area contributed by atoms with Crippen LogP contribution in [0.25, 0.3) is 66.1 Å². The number of anilines is 6. The van der Waals surface area contributed by atoms with Crippen molar-refractivity contribution >= 4 is 78.8 Å². The smallest absolute Gasteiger partial charge is 0.252 e. The number of hydrogen-bond donors (Lipinski definition) is 0. The number of benzene rings is 11. The molecule has 13 rings (SSSR count). The summed E-state index contributed by atoms with van der Waals surface area (Å²) in [5.74, 6) is 0. The molecule has 3 heteroatoms. The lowest BCUT2D eigenvalue weighted by molar-refractivity contribution is 0.590. The van der Waals surface area contributed by atoms with Crippen LogP contribution < -0.4 is 26.2 Å². The van der Waals surface area contributed by atoms with Gasteiger partial charge in [-0.05, 0) is 182 Å². The number of nitrogens with zero attached hydrogens (tertiary/aromatic N) is 2. The van der Waals surface area contributed by atoms with E-state index in [0.29, 0.717) is 0 Å². The summed E-state index contributed by atoms with van der Waals surface area (Å²) in [6.07, 6.45) is 0. The molecule has 0 N–H and O–H groups in total. The maximum Gasteiger partial charge on any atom is 0.252 e. The highest BCUT2D eigenvalue weighted by molar-refractivity contribution is 7.00. The number of rotatable bonds is 6. The molecule has 77 heavy (non-hydrogen) atoms. The first kappa shape index (κ1) is 48.3. The van der Waals surface area contributed by atoms with Gasteiger partial charge in [-0.1, -0.05) is 226 Å². The summed E-state index contributed by atoms with van der Waals surface area (Å²) in [5.41, 5.74) is 24.5. The van der Waals surface area contributed by atoms with Crippen molar-refractivity contribution < 1.29 is 0 Å². The van der Waals surface area contributed by atoms with Gasteiger partial charge in [0.25, 0.3) is 6.71 Å². The zero-order valence-corrected chi connectivity index (χ0v) is 45.9. The first-order valence-electron chi connectivity index (χ1n) is 27.5. The average molecular weight is 993 g/mol. The van der Waals surface area contributed by atoms with Crippen molar-refractivity contribution in [1.82, 2.24) is 0 Å². The predicted octanol–water partition coefficient (Wildman–Crippen LogP) is 18.6. The van der Waals surface area contributed by atoms with Crippen LogP contribution in [0.2, 0.25) is 0 Å². The van der Waals surface area contributed by atoms with E-state index in [2.05, 4.69) is 303 Å². The van der Waals surface area contributed by atoms with E-state index in [-0.39, 0.29) is 23.0 Å². The summed E-state index contributed by atoms with van der Waals surface area (Å²) < 4.78 is 0. The molecule has 0 spiro atoms. The van der Waals surface area contributed by atoms with Crippen LogP contribution in [0.3, 0.4) is 0 Å². The SMILES string of the molecule is CC(C)(C)c1cccc(-c2cc(-c3cc4c5c(c3)N(c3ccccc3)c3cc(C(C)(C)C)ccc3B5c3ccc(C(C)(C)C)cc3N4c3ccccc3)cc(-c3c4ccccc4c(-c4ccccc4)c4ccccc34)c2)c1. The third-order valence-electron chi connectivity index (χ3n) is 16.4. The van der Waals surface area contributed by atoms with Crippen molar-refractivity contribution in [2.45, 2.75) is 78.6 Å². The van der Waals surface area contributed by atoms with Gasteiger partial charge in [0.2, 0.25) is 0 Å². The fourth-order valence-corrected chi connectivity index (χ4v) is 12.4. The lowest BCUT2D eigenvalue weighted by atomic mass is 9.33. The molecule has 0 saturated carbocycles. The third kappa shape index (κ3) is 8.27. The second-order valence-corrected chi connectivity index (χ2v) is 24.6. The van der Waals surface area contributed by atoms with Crippen LogP contribution in [0.4, 0.5) is 34.1 Å². The Balaban J connectivity index is 1.16. The van der Waals surface area contributed by atoms with Crippen LogP contribution in [0.5, 0.6) is 0 Å². The fraction of sp³-hybridized carbons (Fsp3) is 0.162. The molecule has 374 valence electrons. The molecule has 11 aromatic carbocycles. The Morgan fingerprint density at radius 1 is 0.273 bits per heavy atom. The van der Waals surface area contributed by atoms with Crippen LogP contribution in [0.15, 0.2) is 231 Å². The highest BCUT2D eigenvalue weighted by Crippen LogP contribution is 2.50. The maximum absolute atomic E-state index is 2.57. The summed E-state index contributed by atoms with van der Waals surface area (Å²) in [7, 11) is 0. The Morgan fingerprint density at radius 3 is 1.09 bits per heavy atom. The van der Waals surface area contributed by atoms with E-state index < -0.39 is 0 Å². The molecule has 0 radical (unpaired) electrons. The highest BCUT2D eigenvalue weighted by atomic mass is 15.2. The van der Waals surface area contributed by atoms with Gasteiger partial charge in [0, 0.05) is 34.1 Å². The molecule has 0 fully saturated rings. The number of hydrogen-bond acceptors (Lipinski definition) is 2. The van der Waals surface area contributed by atoms with E-state index >= 15 is 0 Å². The first-order chi connectivity index (χ1) is 37.1. The van der Waals surface area contributed by atoms with E-state index in [1.807, 2.05) is 0 Å². The van der Waals surface area contributed by atoms with Crippen LogP contribution >= 0.6 is 0 Å². The largest absolute Gasteiger partial charge is 0.311 e. The standard InChI is InChI=1S/C74H65BN2/c1-72(2,3)54-27-23-26-49(43-54)50-40-51(42-53(41-50)70-61-34-21-19-32-59(61)69(48-24-13-10-14-25-48)60-33-20-22-35-62(60)70)52-44-67-71-68(45-52)77(58-30-17-12-18-31-58)66-47-56(74(7,8)9)37-39-64(66)75(71)63-38-36-55(73(4,5)6)46-65(63)76(67)57-28-15-11-16-29-57/h10-47H,1-9H3. The maximum atomic E-state index is 2.57. The van der Waals surface area contributed by atoms with Crippen molar-refractivity contribution in [1.29, 1.82) is 0 Å². The molecule has 2 aliphatic heterocycles. The van der Waals surface area contributed by atoms with Gasteiger partial charge in [-0.25, -0.2) is 0 Å². The van der Waals surface area contributed by atoms with Crippen molar-refractivity contribution in [2.24, 2.45) is 0 Å². The van der Waals surface area contributed by atoms with Gasteiger partial charge >= 0.3 is 0 Å². The molecule has 0 aromatic heterocycles. The van der Waals surface area contributed by atoms with Crippen molar-refractivity contribution in [3.63, 3.8) is 0 Å². The predicted molar refractivity (Wildman–Crippen MR) is 333 cm³/mol. The second kappa shape index (κ2) is 18.1. The fourth-order valence-electron chi connectivity index (χ4n) is 12.4. The van der Waals surface area contributed by atoms with Gasteiger partial charge < -0.3 is 9.80 Å². The van der Waals surface area contributed by atoms with Gasteiger partial charge in [-0.15, -0.1) is 0 Å². The monoisotopic (exact) mass is 993 g/mol. The van der Waals surface area contributed by atoms with Crippen LogP contribution in [-0.4, -0.2) is 6.71 Å². The lowest BCUT2D eigenvalue weighted by Gasteiger charge is -2.45. The molecule has 0 amide bonds. The van der Waals surface area contributed by atoms with Crippen molar-refractivity contribution in [3.8, 4) is 44.5 Å². The van der Waals surface area contributed by atoms with Crippen molar-refractivity contribution in [2.75, 3.05) is 9.80 Å². The quantitative estimate of drug-likeness (QED) is 0.121. The average Bonchev–Trinajstić information content (AvgIpc) is 3.63. The van der Waals surface area contributed by atoms with E-state index in [4.69, 9.17) is 0 Å². The molecular formula is C74H65BN2. The summed E-state index contributed by atoms with van der Waals surface area (Å²) in [5, 5.41) is 4.97. The van der Waals surface area contributed by atoms with E-state index in [1.165, 1.54) is 116 Å². The van der Waals surface area contributed by atoms with Crippen LogP contribution in [-0.2, 0) is 16.2 Å². The molecule has 11 aromatic rings. The van der Waals surface area contributed by atoms with E-state index in [0.717, 1.165) is 16.9 Å². The van der Waals surface area contributed by atoms with Gasteiger partial charge in [-0.2, -0.15) is 0 Å². The molecule has 0 unspecified atom stereocenters. The molecule has 2 aliphatic rings. The minimum Gasteiger partial charge on any atom is -0.311 e. The van der Waals surface area contributed by atoms with E-state index in [9.17, 15) is 0 Å². The van der Waals surface area contributed by atoms with Gasteiger partial charge in [-0.3, -0.25) is 0 Å². The van der Waals surface area contributed by atoms with Gasteiger partial charge in [0.15, 0.2) is 0 Å². The zero-order chi connectivity index (χ0) is 53.0. The third-order valence-corrected chi connectivity index (χ3v) is 16.4. The first-order valence-corrected chi connectivity index (χ1v) is 27.5. The molecule has 2 nitrogen and oxygen atoms in total. The summed E-state index contributed by atoms with van der Waals surface area (Å²) >= 11 is 0. The summed E-state index contributed by atoms with van der Waals surface area (Å²) in [6.45, 7) is 20.9. The minimum absolute atomic E-state index is 0.00935. The van der Waals surface area contributed by atoms with Crippen LogP contribution in [0.1, 0.15) is 79.0 Å². The Kier molecular flexibility index (Phi) is 11.4. The Hall–Kier alpha value is -8.40. The number of para-hydroxylation sites is 2. The Morgan fingerprint density at radius 2 is 0.636 bits per heavy atom. The van der Waals surface area contributed by atoms with Crippen LogP contribution in [0, 0.1) is 0 Å². The summed E-state index contributed by atoms with van der Waals surface area (Å²) in [6, 6.07) is 87.5. The molecular weight excluding hydrogens is 928 g/mol. The summed E-state index contributed by atoms with van der Waals surface area (Å²) in [4.78, 5) is 5.14. The molecule has 0 aliphatic carbocycles.